The second kappa shape index (κ2) is 14.8. The number of aliphatic imine (C=N–C) groups is 3. The molecule has 2 heterocycles. The average Bonchev–Trinajstić information content (AvgIpc) is 3.63. The number of anilines is 2. The molecule has 0 aliphatic carbocycles. The van der Waals surface area contributed by atoms with Gasteiger partial charge < -0.3 is 14.8 Å². The maximum atomic E-state index is 12.9. The van der Waals surface area contributed by atoms with Gasteiger partial charge in [-0.2, -0.15) is 13.8 Å². The number of ether oxygens (including phenoxy) is 2. The maximum absolute atomic E-state index is 12.9. The Hall–Kier alpha value is -4.13. The van der Waals surface area contributed by atoms with Crippen molar-refractivity contribution in [1.82, 2.24) is 0 Å². The van der Waals surface area contributed by atoms with E-state index in [1.807, 2.05) is 32.0 Å². The number of amidine groups is 2. The number of urea groups is 1. The lowest BCUT2D eigenvalue weighted by Crippen LogP contribution is -2.31. The third kappa shape index (κ3) is 8.33. The fourth-order valence-corrected chi connectivity index (χ4v) is 5.79. The Kier molecular flexibility index (Phi) is 10.6. The molecule has 5 rings (SSSR count). The lowest BCUT2D eigenvalue weighted by molar-refractivity contribution is -0.115. The number of benzene rings is 3. The van der Waals surface area contributed by atoms with Gasteiger partial charge in [-0.05, 0) is 74.2 Å². The molecule has 1 saturated heterocycles. The van der Waals surface area contributed by atoms with Gasteiger partial charge in [-0.1, -0.05) is 47.6 Å². The Bertz CT molecular complexity index is 1670. The Morgan fingerprint density at radius 3 is 2.71 bits per heavy atom. The van der Waals surface area contributed by atoms with Crippen LogP contribution in [-0.2, 0) is 22.6 Å². The van der Waals surface area contributed by atoms with Crippen LogP contribution in [0, 0.1) is 6.92 Å². The lowest BCUT2D eigenvalue weighted by atomic mass is 10.1. The van der Waals surface area contributed by atoms with Crippen molar-refractivity contribution >= 4 is 63.9 Å². The summed E-state index contributed by atoms with van der Waals surface area (Å²) >= 11 is 7.70. The molecule has 0 radical (unpaired) electrons. The van der Waals surface area contributed by atoms with E-state index in [2.05, 4.69) is 25.0 Å². The van der Waals surface area contributed by atoms with Crippen molar-refractivity contribution in [3.63, 3.8) is 0 Å². The van der Waals surface area contributed by atoms with E-state index in [1.54, 1.807) is 36.5 Å². The molecule has 1 fully saturated rings. The molecule has 3 aromatic rings. The summed E-state index contributed by atoms with van der Waals surface area (Å²) in [6.45, 7) is 1.82. The number of amides is 3. The largest absolute Gasteiger partial charge is 0.435 e. The van der Waals surface area contributed by atoms with E-state index in [9.17, 15) is 18.4 Å². The first kappa shape index (κ1) is 32.3. The van der Waals surface area contributed by atoms with E-state index in [4.69, 9.17) is 16.3 Å². The quantitative estimate of drug-likeness (QED) is 0.234. The second-order valence-corrected chi connectivity index (χ2v) is 11.5. The highest BCUT2D eigenvalue weighted by Crippen LogP contribution is 2.32. The van der Waals surface area contributed by atoms with Gasteiger partial charge in [0.15, 0.2) is 11.0 Å². The number of thioether (sulfide) groups is 1. The standard InChI is InChI=1S/C32H30ClF2N5O4S/c1-3-43-17-22-8-4-19(2)14-27(22)40-28(41)18-45-32(40)39-31(42)38-26-13-9-21(15-25(26)33)29-36-16-23(37-29)10-5-20-6-11-24(12-7-20)44-30(34)35/h4,6-9,11-16,23,30H,3,5,10,17-18H2,1-2H3,(H,38,42)/b39-32-. The van der Waals surface area contributed by atoms with E-state index >= 15 is 0 Å². The number of nitrogens with one attached hydrogen (secondary N) is 1. The monoisotopic (exact) mass is 653 g/mol. The lowest BCUT2D eigenvalue weighted by Gasteiger charge is -2.20. The SMILES string of the molecule is CCOCc1ccc(C)cc1N1C(=O)CS/C1=N\C(=O)Nc1ccc(C2=NC(CCc3ccc(OC(F)F)cc3)C=N2)cc1Cl. The fourth-order valence-electron chi connectivity index (χ4n) is 4.70. The minimum Gasteiger partial charge on any atom is -0.435 e. The number of alkyl halides is 2. The van der Waals surface area contributed by atoms with Crippen LogP contribution in [0.3, 0.4) is 0 Å². The van der Waals surface area contributed by atoms with Gasteiger partial charge in [-0.15, -0.1) is 0 Å². The van der Waals surface area contributed by atoms with Crippen LogP contribution in [-0.4, -0.2) is 54.2 Å². The molecule has 2 aliphatic rings. The molecule has 3 amide bonds. The predicted octanol–water partition coefficient (Wildman–Crippen LogP) is 7.29. The molecular weight excluding hydrogens is 624 g/mol. The molecule has 1 N–H and O–H groups in total. The summed E-state index contributed by atoms with van der Waals surface area (Å²) in [6, 6.07) is 16.5. The number of carbonyl (C=O) groups is 2. The van der Waals surface area contributed by atoms with Crippen LogP contribution in [0.2, 0.25) is 5.02 Å². The maximum Gasteiger partial charge on any atom is 0.387 e. The highest BCUT2D eigenvalue weighted by atomic mass is 35.5. The topological polar surface area (TPSA) is 105 Å². The molecule has 2 aliphatic heterocycles. The van der Waals surface area contributed by atoms with E-state index in [-0.39, 0.29) is 33.6 Å². The molecule has 0 saturated carbocycles. The Balaban J connectivity index is 1.22. The number of hydrogen-bond donors (Lipinski definition) is 1. The molecule has 0 bridgehead atoms. The summed E-state index contributed by atoms with van der Waals surface area (Å²) in [7, 11) is 0. The van der Waals surface area contributed by atoms with E-state index in [1.165, 1.54) is 28.8 Å². The van der Waals surface area contributed by atoms with Gasteiger partial charge in [0.25, 0.3) is 0 Å². The zero-order valence-electron chi connectivity index (χ0n) is 24.5. The van der Waals surface area contributed by atoms with Crippen molar-refractivity contribution in [2.75, 3.05) is 22.6 Å². The predicted molar refractivity (Wildman–Crippen MR) is 175 cm³/mol. The van der Waals surface area contributed by atoms with Crippen LogP contribution >= 0.6 is 23.4 Å². The molecular formula is C32H30ClF2N5O4S. The van der Waals surface area contributed by atoms with Crippen LogP contribution in [0.15, 0.2) is 75.6 Å². The van der Waals surface area contributed by atoms with Crippen LogP contribution in [0.4, 0.5) is 25.0 Å². The minimum atomic E-state index is -2.86. The van der Waals surface area contributed by atoms with Crippen molar-refractivity contribution in [1.29, 1.82) is 0 Å². The number of carbonyl (C=O) groups excluding carboxylic acids is 2. The van der Waals surface area contributed by atoms with Crippen molar-refractivity contribution in [2.45, 2.75) is 45.9 Å². The van der Waals surface area contributed by atoms with Crippen molar-refractivity contribution in [3.8, 4) is 5.75 Å². The van der Waals surface area contributed by atoms with Crippen molar-refractivity contribution in [2.24, 2.45) is 15.0 Å². The molecule has 45 heavy (non-hydrogen) atoms. The number of aryl methyl sites for hydroxylation is 2. The highest BCUT2D eigenvalue weighted by molar-refractivity contribution is 8.15. The van der Waals surface area contributed by atoms with Gasteiger partial charge in [0, 0.05) is 23.9 Å². The van der Waals surface area contributed by atoms with Gasteiger partial charge >= 0.3 is 12.6 Å². The third-order valence-electron chi connectivity index (χ3n) is 6.91. The van der Waals surface area contributed by atoms with E-state index < -0.39 is 12.6 Å². The fraction of sp³-hybridized carbons (Fsp3) is 0.281. The number of nitrogens with zero attached hydrogens (tertiary/aromatic N) is 4. The number of rotatable bonds is 11. The molecule has 1 unspecified atom stereocenters. The summed E-state index contributed by atoms with van der Waals surface area (Å²) in [5.74, 6) is 0.614. The van der Waals surface area contributed by atoms with Crippen molar-refractivity contribution in [3.05, 3.63) is 87.9 Å². The summed E-state index contributed by atoms with van der Waals surface area (Å²) in [5.41, 5.74) is 4.42. The van der Waals surface area contributed by atoms with Crippen LogP contribution in [0.25, 0.3) is 0 Å². The van der Waals surface area contributed by atoms with Gasteiger partial charge in [0.05, 0.1) is 34.8 Å². The van der Waals surface area contributed by atoms with Gasteiger partial charge in [0.2, 0.25) is 5.91 Å². The number of hydrogen-bond acceptors (Lipinski definition) is 7. The summed E-state index contributed by atoms with van der Waals surface area (Å²) in [5, 5.41) is 3.25. The molecule has 13 heteroatoms. The van der Waals surface area contributed by atoms with Gasteiger partial charge in [0.1, 0.15) is 5.75 Å². The zero-order valence-corrected chi connectivity index (χ0v) is 26.1. The molecule has 0 aromatic heterocycles. The van der Waals surface area contributed by atoms with E-state index in [0.29, 0.717) is 48.8 Å². The number of halogens is 3. The molecule has 3 aromatic carbocycles. The molecule has 234 valence electrons. The first-order chi connectivity index (χ1) is 21.7. The van der Waals surface area contributed by atoms with Crippen LogP contribution in [0.1, 0.15) is 35.6 Å². The molecule has 0 spiro atoms. The highest BCUT2D eigenvalue weighted by Gasteiger charge is 2.32. The molecule has 1 atom stereocenters. The zero-order chi connectivity index (χ0) is 31.9. The van der Waals surface area contributed by atoms with Gasteiger partial charge in [-0.25, -0.2) is 9.79 Å². The molecule has 9 nitrogen and oxygen atoms in total. The Labute approximate surface area is 268 Å². The Morgan fingerprint density at radius 1 is 1.18 bits per heavy atom. The third-order valence-corrected chi connectivity index (χ3v) is 8.15. The second-order valence-electron chi connectivity index (χ2n) is 10.2. The summed E-state index contributed by atoms with van der Waals surface area (Å²) in [6.07, 6.45) is 3.11. The normalized spacial score (nSPS) is 17.0. The van der Waals surface area contributed by atoms with Crippen LogP contribution in [0.5, 0.6) is 5.75 Å². The Morgan fingerprint density at radius 2 is 1.98 bits per heavy atom. The van der Waals surface area contributed by atoms with Gasteiger partial charge in [-0.3, -0.25) is 14.7 Å². The first-order valence-corrected chi connectivity index (χ1v) is 15.5. The van der Waals surface area contributed by atoms with Crippen molar-refractivity contribution < 1.29 is 27.8 Å². The first-order valence-electron chi connectivity index (χ1n) is 14.2. The average molecular weight is 654 g/mol. The summed E-state index contributed by atoms with van der Waals surface area (Å²) in [4.78, 5) is 40.5. The van der Waals surface area contributed by atoms with E-state index in [0.717, 1.165) is 16.7 Å². The van der Waals surface area contributed by atoms with Crippen LogP contribution < -0.4 is 15.0 Å². The smallest absolute Gasteiger partial charge is 0.387 e. The minimum absolute atomic E-state index is 0.115. The summed E-state index contributed by atoms with van der Waals surface area (Å²) < 4.78 is 34.7.